The van der Waals surface area contributed by atoms with Crippen LogP contribution in [0.15, 0.2) is 18.2 Å². The molecule has 2 N–H and O–H groups in total. The molecule has 1 fully saturated rings. The lowest BCUT2D eigenvalue weighted by Gasteiger charge is -2.25. The van der Waals surface area contributed by atoms with Crippen LogP contribution in [0.3, 0.4) is 0 Å². The first-order valence-electron chi connectivity index (χ1n) is 6.98. The lowest BCUT2D eigenvalue weighted by molar-refractivity contribution is 0.161. The minimum atomic E-state index is 0.217. The fraction of sp³-hybridized carbons (Fsp3) is 0.600. The average Bonchev–Trinajstić information content (AvgIpc) is 2.46. The highest BCUT2D eigenvalue weighted by Crippen LogP contribution is 2.30. The number of aliphatic hydroxyl groups is 1. The maximum absolute atomic E-state index is 8.89. The second-order valence-electron chi connectivity index (χ2n) is 4.90. The smallest absolute Gasteiger partial charge is 0.161 e. The Labute approximate surface area is 114 Å². The van der Waals surface area contributed by atoms with E-state index < -0.39 is 0 Å². The summed E-state index contributed by atoms with van der Waals surface area (Å²) in [6, 6.07) is 6.00. The predicted octanol–water partition coefficient (Wildman–Crippen LogP) is 1.75. The highest BCUT2D eigenvalue weighted by molar-refractivity contribution is 5.43. The molecule has 1 atom stereocenters. The van der Waals surface area contributed by atoms with Crippen molar-refractivity contribution in [1.29, 1.82) is 0 Å². The van der Waals surface area contributed by atoms with E-state index in [0.29, 0.717) is 0 Å². The number of methoxy groups -OCH3 is 1. The van der Waals surface area contributed by atoms with Crippen LogP contribution in [-0.2, 0) is 6.42 Å². The van der Waals surface area contributed by atoms with Crippen molar-refractivity contribution < 1.29 is 14.6 Å². The Hall–Kier alpha value is -1.26. The second-order valence-corrected chi connectivity index (χ2v) is 4.90. The number of hydrogen-bond donors (Lipinski definition) is 2. The Bertz CT molecular complexity index is 389. The largest absolute Gasteiger partial charge is 0.493 e. The first-order chi connectivity index (χ1) is 9.33. The third kappa shape index (κ3) is 4.11. The normalized spacial score (nSPS) is 19.2. The fourth-order valence-electron chi connectivity index (χ4n) is 2.35. The Morgan fingerprint density at radius 2 is 2.26 bits per heavy atom. The van der Waals surface area contributed by atoms with E-state index in [2.05, 4.69) is 5.32 Å². The lowest BCUT2D eigenvalue weighted by atomic mass is 10.1. The minimum Gasteiger partial charge on any atom is -0.493 e. The van der Waals surface area contributed by atoms with E-state index in [9.17, 15) is 0 Å². The zero-order chi connectivity index (χ0) is 13.5. The fourth-order valence-corrected chi connectivity index (χ4v) is 2.35. The summed E-state index contributed by atoms with van der Waals surface area (Å²) in [6.45, 7) is 2.19. The molecule has 4 nitrogen and oxygen atoms in total. The van der Waals surface area contributed by atoms with Crippen molar-refractivity contribution in [1.82, 2.24) is 5.32 Å². The molecule has 19 heavy (non-hydrogen) atoms. The summed E-state index contributed by atoms with van der Waals surface area (Å²) in [5.41, 5.74) is 1.17. The monoisotopic (exact) mass is 265 g/mol. The van der Waals surface area contributed by atoms with E-state index in [1.54, 1.807) is 7.11 Å². The van der Waals surface area contributed by atoms with Crippen LogP contribution in [0, 0.1) is 0 Å². The molecule has 1 heterocycles. The van der Waals surface area contributed by atoms with Gasteiger partial charge in [0.2, 0.25) is 0 Å². The summed E-state index contributed by atoms with van der Waals surface area (Å²) in [5.74, 6) is 1.59. The maximum Gasteiger partial charge on any atom is 0.161 e. The molecule has 0 aromatic heterocycles. The minimum absolute atomic E-state index is 0.217. The topological polar surface area (TPSA) is 50.7 Å². The molecule has 1 aromatic rings. The van der Waals surface area contributed by atoms with Gasteiger partial charge in [-0.3, -0.25) is 0 Å². The molecule has 1 aliphatic rings. The molecule has 1 aliphatic heterocycles. The van der Waals surface area contributed by atoms with E-state index in [1.807, 2.05) is 18.2 Å². The molecule has 1 aromatic carbocycles. The van der Waals surface area contributed by atoms with Gasteiger partial charge >= 0.3 is 0 Å². The third-order valence-electron chi connectivity index (χ3n) is 3.40. The quantitative estimate of drug-likeness (QED) is 0.823. The molecule has 1 unspecified atom stereocenters. The SMILES string of the molecule is COc1ccc(CCCO)cc1OC1CCCNC1. The molecule has 0 amide bonds. The maximum atomic E-state index is 8.89. The van der Waals surface area contributed by atoms with Gasteiger partial charge in [0.05, 0.1) is 7.11 Å². The van der Waals surface area contributed by atoms with Crippen LogP contribution < -0.4 is 14.8 Å². The van der Waals surface area contributed by atoms with Crippen LogP contribution in [0.25, 0.3) is 0 Å². The first-order valence-corrected chi connectivity index (χ1v) is 6.98. The van der Waals surface area contributed by atoms with Crippen LogP contribution in [0.2, 0.25) is 0 Å². The zero-order valence-electron chi connectivity index (χ0n) is 11.5. The van der Waals surface area contributed by atoms with E-state index in [1.165, 1.54) is 5.56 Å². The highest BCUT2D eigenvalue weighted by Gasteiger charge is 2.16. The number of nitrogens with one attached hydrogen (secondary N) is 1. The molecular formula is C15H23NO3. The number of ether oxygens (including phenoxy) is 2. The van der Waals surface area contributed by atoms with Crippen LogP contribution in [0.4, 0.5) is 0 Å². The summed E-state index contributed by atoms with van der Waals surface area (Å²) in [6.07, 6.45) is 4.08. The Balaban J connectivity index is 2.06. The number of piperidine rings is 1. The standard InChI is InChI=1S/C15H23NO3/c1-18-14-7-6-12(4-3-9-17)10-15(14)19-13-5-2-8-16-11-13/h6-7,10,13,16-17H,2-5,8-9,11H2,1H3. The molecule has 0 bridgehead atoms. The second kappa shape index (κ2) is 7.36. The molecule has 4 heteroatoms. The number of rotatable bonds is 6. The van der Waals surface area contributed by atoms with Crippen molar-refractivity contribution in [3.8, 4) is 11.5 Å². The number of hydrogen-bond acceptors (Lipinski definition) is 4. The van der Waals surface area contributed by atoms with E-state index in [-0.39, 0.29) is 12.7 Å². The van der Waals surface area contributed by atoms with Gasteiger partial charge in [-0.2, -0.15) is 0 Å². The van der Waals surface area contributed by atoms with Crippen molar-refractivity contribution >= 4 is 0 Å². The van der Waals surface area contributed by atoms with Gasteiger partial charge in [-0.15, -0.1) is 0 Å². The molecule has 0 aliphatic carbocycles. The predicted molar refractivity (Wildman–Crippen MR) is 74.9 cm³/mol. The van der Waals surface area contributed by atoms with Crippen LogP contribution >= 0.6 is 0 Å². The highest BCUT2D eigenvalue weighted by atomic mass is 16.5. The molecule has 1 saturated heterocycles. The Morgan fingerprint density at radius 1 is 1.37 bits per heavy atom. The summed E-state index contributed by atoms with van der Waals surface area (Å²) >= 11 is 0. The van der Waals surface area contributed by atoms with Crippen LogP contribution in [-0.4, -0.2) is 38.0 Å². The third-order valence-corrected chi connectivity index (χ3v) is 3.40. The van der Waals surface area contributed by atoms with Gasteiger partial charge in [0.25, 0.3) is 0 Å². The van der Waals surface area contributed by atoms with E-state index in [0.717, 1.165) is 50.3 Å². The number of aliphatic hydroxyl groups excluding tert-OH is 1. The average molecular weight is 265 g/mol. The van der Waals surface area contributed by atoms with Crippen LogP contribution in [0.5, 0.6) is 11.5 Å². The summed E-state index contributed by atoms with van der Waals surface area (Å²) in [7, 11) is 1.66. The van der Waals surface area contributed by atoms with Gasteiger partial charge in [-0.1, -0.05) is 6.07 Å². The lowest BCUT2D eigenvalue weighted by Crippen LogP contribution is -2.37. The van der Waals surface area contributed by atoms with Crippen molar-refractivity contribution in [2.45, 2.75) is 31.8 Å². The Kier molecular flexibility index (Phi) is 5.48. The number of benzene rings is 1. The van der Waals surface area contributed by atoms with Gasteiger partial charge in [0.1, 0.15) is 6.10 Å². The van der Waals surface area contributed by atoms with Gasteiger partial charge < -0.3 is 19.9 Å². The number of aryl methyl sites for hydroxylation is 1. The molecular weight excluding hydrogens is 242 g/mol. The Morgan fingerprint density at radius 3 is 2.95 bits per heavy atom. The molecule has 0 spiro atoms. The molecule has 0 radical (unpaired) electrons. The molecule has 0 saturated carbocycles. The molecule has 106 valence electrons. The summed E-state index contributed by atoms with van der Waals surface area (Å²) < 4.78 is 11.4. The van der Waals surface area contributed by atoms with Gasteiger partial charge in [-0.05, 0) is 49.9 Å². The zero-order valence-corrected chi connectivity index (χ0v) is 11.5. The van der Waals surface area contributed by atoms with Crippen molar-refractivity contribution in [2.75, 3.05) is 26.8 Å². The van der Waals surface area contributed by atoms with Crippen molar-refractivity contribution in [3.63, 3.8) is 0 Å². The molecule has 2 rings (SSSR count). The van der Waals surface area contributed by atoms with Crippen molar-refractivity contribution in [2.24, 2.45) is 0 Å². The van der Waals surface area contributed by atoms with Gasteiger partial charge in [-0.25, -0.2) is 0 Å². The summed E-state index contributed by atoms with van der Waals surface area (Å²) in [4.78, 5) is 0. The van der Waals surface area contributed by atoms with Crippen molar-refractivity contribution in [3.05, 3.63) is 23.8 Å². The van der Waals surface area contributed by atoms with Gasteiger partial charge in [0, 0.05) is 13.2 Å². The first kappa shape index (κ1) is 14.2. The van der Waals surface area contributed by atoms with E-state index >= 15 is 0 Å². The summed E-state index contributed by atoms with van der Waals surface area (Å²) in [5, 5.41) is 12.2. The van der Waals surface area contributed by atoms with Gasteiger partial charge in [0.15, 0.2) is 11.5 Å². The van der Waals surface area contributed by atoms with E-state index in [4.69, 9.17) is 14.6 Å². The van der Waals surface area contributed by atoms with Crippen LogP contribution in [0.1, 0.15) is 24.8 Å².